The zero-order chi connectivity index (χ0) is 13.2. The van der Waals surface area contributed by atoms with Crippen LogP contribution in [0, 0.1) is 0 Å². The van der Waals surface area contributed by atoms with Gasteiger partial charge in [-0.3, -0.25) is 0 Å². The van der Waals surface area contributed by atoms with Gasteiger partial charge in [0.1, 0.15) is 0 Å². The van der Waals surface area contributed by atoms with Crippen LogP contribution in [-0.4, -0.2) is 14.2 Å². The number of ether oxygens (including phenoxy) is 3. The first kappa shape index (κ1) is 12.8. The standard InChI is InChI=1S/C15H16O3S/c1-16-15(17-2)14-6-13(9-19-14)10-3-4-11-7-18-8-12(11)5-10/h3-6,9,15H,7-8H2,1-2H3. The van der Waals surface area contributed by atoms with Crippen LogP contribution in [0.25, 0.3) is 11.1 Å². The maximum atomic E-state index is 5.45. The van der Waals surface area contributed by atoms with E-state index < -0.39 is 0 Å². The molecular formula is C15H16O3S. The molecule has 0 bridgehead atoms. The van der Waals surface area contributed by atoms with Crippen molar-refractivity contribution >= 4 is 11.3 Å². The predicted octanol–water partition coefficient (Wildman–Crippen LogP) is 3.74. The molecule has 0 unspecified atom stereocenters. The second kappa shape index (κ2) is 5.43. The Morgan fingerprint density at radius 3 is 2.63 bits per heavy atom. The highest BCUT2D eigenvalue weighted by atomic mass is 32.1. The number of benzene rings is 1. The number of rotatable bonds is 4. The first-order chi connectivity index (χ1) is 9.31. The Bertz CT molecular complexity index is 573. The maximum Gasteiger partial charge on any atom is 0.192 e. The summed E-state index contributed by atoms with van der Waals surface area (Å²) in [5.41, 5.74) is 5.01. The Balaban J connectivity index is 1.90. The van der Waals surface area contributed by atoms with Gasteiger partial charge in [-0.15, -0.1) is 11.3 Å². The minimum absolute atomic E-state index is 0.281. The third-order valence-corrected chi connectivity index (χ3v) is 4.29. The van der Waals surface area contributed by atoms with Crippen molar-refractivity contribution in [2.24, 2.45) is 0 Å². The van der Waals surface area contributed by atoms with Gasteiger partial charge in [0.05, 0.1) is 18.1 Å². The predicted molar refractivity (Wildman–Crippen MR) is 75.0 cm³/mol. The van der Waals surface area contributed by atoms with Crippen molar-refractivity contribution in [2.75, 3.05) is 14.2 Å². The van der Waals surface area contributed by atoms with Crippen LogP contribution in [-0.2, 0) is 27.4 Å². The fourth-order valence-electron chi connectivity index (χ4n) is 2.31. The minimum atomic E-state index is -0.281. The molecule has 1 aromatic heterocycles. The summed E-state index contributed by atoms with van der Waals surface area (Å²) in [6.45, 7) is 1.46. The van der Waals surface area contributed by atoms with Crippen molar-refractivity contribution in [3.8, 4) is 11.1 Å². The second-order valence-corrected chi connectivity index (χ2v) is 5.46. The van der Waals surface area contributed by atoms with E-state index in [0.29, 0.717) is 0 Å². The Labute approximate surface area is 116 Å². The van der Waals surface area contributed by atoms with E-state index in [4.69, 9.17) is 14.2 Å². The molecule has 100 valence electrons. The van der Waals surface area contributed by atoms with Crippen LogP contribution in [0.15, 0.2) is 29.6 Å². The van der Waals surface area contributed by atoms with Gasteiger partial charge in [-0.05, 0) is 39.8 Å². The van der Waals surface area contributed by atoms with Crippen molar-refractivity contribution < 1.29 is 14.2 Å². The fraction of sp³-hybridized carbons (Fsp3) is 0.333. The van der Waals surface area contributed by atoms with E-state index in [-0.39, 0.29) is 6.29 Å². The molecule has 1 aliphatic rings. The van der Waals surface area contributed by atoms with Crippen LogP contribution in [0.5, 0.6) is 0 Å². The van der Waals surface area contributed by atoms with Crippen LogP contribution in [0.1, 0.15) is 22.3 Å². The van der Waals surface area contributed by atoms with Gasteiger partial charge >= 0.3 is 0 Å². The molecule has 0 amide bonds. The van der Waals surface area contributed by atoms with E-state index in [1.165, 1.54) is 22.3 Å². The van der Waals surface area contributed by atoms with Crippen molar-refractivity contribution in [1.82, 2.24) is 0 Å². The molecule has 19 heavy (non-hydrogen) atoms. The smallest absolute Gasteiger partial charge is 0.192 e. The van der Waals surface area contributed by atoms with Crippen molar-refractivity contribution in [2.45, 2.75) is 19.5 Å². The van der Waals surface area contributed by atoms with E-state index >= 15 is 0 Å². The molecule has 0 saturated heterocycles. The van der Waals surface area contributed by atoms with E-state index in [9.17, 15) is 0 Å². The molecule has 2 heterocycles. The largest absolute Gasteiger partial charge is 0.372 e. The highest BCUT2D eigenvalue weighted by Gasteiger charge is 2.15. The van der Waals surface area contributed by atoms with Crippen LogP contribution in [0.4, 0.5) is 0 Å². The summed E-state index contributed by atoms with van der Waals surface area (Å²) in [6.07, 6.45) is -0.281. The molecule has 0 radical (unpaired) electrons. The van der Waals surface area contributed by atoms with Crippen molar-refractivity contribution in [1.29, 1.82) is 0 Å². The number of thiophene rings is 1. The minimum Gasteiger partial charge on any atom is -0.372 e. The average molecular weight is 276 g/mol. The summed E-state index contributed by atoms with van der Waals surface area (Å²) in [4.78, 5) is 1.08. The van der Waals surface area contributed by atoms with Gasteiger partial charge in [-0.2, -0.15) is 0 Å². The van der Waals surface area contributed by atoms with Crippen molar-refractivity contribution in [3.05, 3.63) is 45.6 Å². The lowest BCUT2D eigenvalue weighted by Crippen LogP contribution is -2.00. The summed E-state index contributed by atoms with van der Waals surface area (Å²) in [5, 5.41) is 2.14. The first-order valence-corrected chi connectivity index (χ1v) is 7.03. The van der Waals surface area contributed by atoms with Crippen molar-refractivity contribution in [3.63, 3.8) is 0 Å². The molecule has 0 atom stereocenters. The van der Waals surface area contributed by atoms with Crippen LogP contribution >= 0.6 is 11.3 Å². The lowest BCUT2D eigenvalue weighted by molar-refractivity contribution is -0.103. The molecule has 3 nitrogen and oxygen atoms in total. The monoisotopic (exact) mass is 276 g/mol. The Morgan fingerprint density at radius 1 is 1.05 bits per heavy atom. The summed E-state index contributed by atoms with van der Waals surface area (Å²) in [5.74, 6) is 0. The van der Waals surface area contributed by atoms with Crippen LogP contribution in [0.2, 0.25) is 0 Å². The van der Waals surface area contributed by atoms with E-state index in [0.717, 1.165) is 18.1 Å². The van der Waals surface area contributed by atoms with E-state index in [1.54, 1.807) is 25.6 Å². The molecule has 3 rings (SSSR count). The molecule has 1 aromatic carbocycles. The quantitative estimate of drug-likeness (QED) is 0.796. The Morgan fingerprint density at radius 2 is 1.84 bits per heavy atom. The third-order valence-electron chi connectivity index (χ3n) is 3.33. The zero-order valence-electron chi connectivity index (χ0n) is 11.0. The average Bonchev–Trinajstić information content (AvgIpc) is 3.08. The fourth-order valence-corrected chi connectivity index (χ4v) is 3.27. The lowest BCUT2D eigenvalue weighted by atomic mass is 10.0. The Hall–Kier alpha value is -1.20. The number of hydrogen-bond acceptors (Lipinski definition) is 4. The maximum absolute atomic E-state index is 5.45. The van der Waals surface area contributed by atoms with Gasteiger partial charge in [0, 0.05) is 14.2 Å². The lowest BCUT2D eigenvalue weighted by Gasteiger charge is -2.10. The van der Waals surface area contributed by atoms with Gasteiger partial charge in [0.2, 0.25) is 0 Å². The number of fused-ring (bicyclic) bond motifs is 1. The molecule has 1 aliphatic heterocycles. The molecule has 0 aliphatic carbocycles. The molecule has 0 N–H and O–H groups in total. The number of methoxy groups -OCH3 is 2. The topological polar surface area (TPSA) is 27.7 Å². The number of hydrogen-bond donors (Lipinski definition) is 0. The van der Waals surface area contributed by atoms with Gasteiger partial charge < -0.3 is 14.2 Å². The normalized spacial score (nSPS) is 14.1. The highest BCUT2D eigenvalue weighted by molar-refractivity contribution is 7.10. The second-order valence-electron chi connectivity index (χ2n) is 4.52. The summed E-state index contributed by atoms with van der Waals surface area (Å²) < 4.78 is 16.0. The molecular weight excluding hydrogens is 260 g/mol. The van der Waals surface area contributed by atoms with Crippen LogP contribution < -0.4 is 0 Å². The summed E-state index contributed by atoms with van der Waals surface area (Å²) in [7, 11) is 3.31. The first-order valence-electron chi connectivity index (χ1n) is 6.15. The van der Waals surface area contributed by atoms with Gasteiger partial charge in [-0.25, -0.2) is 0 Å². The molecule has 2 aromatic rings. The molecule has 0 fully saturated rings. The molecule has 4 heteroatoms. The zero-order valence-corrected chi connectivity index (χ0v) is 11.8. The summed E-state index contributed by atoms with van der Waals surface area (Å²) in [6, 6.07) is 8.63. The SMILES string of the molecule is COC(OC)c1cc(-c2ccc3c(c2)COC3)cs1. The molecule has 0 saturated carbocycles. The third kappa shape index (κ3) is 2.44. The van der Waals surface area contributed by atoms with Gasteiger partial charge in [0.15, 0.2) is 6.29 Å². The summed E-state index contributed by atoms with van der Waals surface area (Å²) >= 11 is 1.65. The molecule has 0 spiro atoms. The highest BCUT2D eigenvalue weighted by Crippen LogP contribution is 2.33. The van der Waals surface area contributed by atoms with Crippen LogP contribution in [0.3, 0.4) is 0 Å². The Kier molecular flexibility index (Phi) is 3.66. The van der Waals surface area contributed by atoms with E-state index in [1.807, 2.05) is 0 Å². The van der Waals surface area contributed by atoms with E-state index in [2.05, 4.69) is 29.6 Å². The van der Waals surface area contributed by atoms with Gasteiger partial charge in [0.25, 0.3) is 0 Å². The van der Waals surface area contributed by atoms with Gasteiger partial charge in [-0.1, -0.05) is 12.1 Å².